The number of benzene rings is 2. The predicted molar refractivity (Wildman–Crippen MR) is 127 cm³/mol. The quantitative estimate of drug-likeness (QED) is 0.495. The molecule has 2 aromatic carbocycles. The van der Waals surface area contributed by atoms with Crippen molar-refractivity contribution in [1.29, 1.82) is 0 Å². The van der Waals surface area contributed by atoms with Gasteiger partial charge in [-0.1, -0.05) is 54.6 Å². The average molecular weight is 443 g/mol. The second kappa shape index (κ2) is 8.62. The van der Waals surface area contributed by atoms with E-state index in [1.54, 1.807) is 0 Å². The molecular formula is C27H26N2O4. The molecule has 6 nitrogen and oxygen atoms in total. The molecule has 5 rings (SSSR count). The number of rotatable bonds is 6. The minimum atomic E-state index is -1.09. The number of carboxylic acids is 1. The predicted octanol–water partition coefficient (Wildman–Crippen LogP) is 5.10. The largest absolute Gasteiger partial charge is 0.480 e. The van der Waals surface area contributed by atoms with Gasteiger partial charge in [0.25, 0.3) is 0 Å². The molecule has 1 unspecified atom stereocenters. The fraction of sp³-hybridized carbons (Fsp3) is 0.259. The molecule has 2 atom stereocenters. The summed E-state index contributed by atoms with van der Waals surface area (Å²) >= 11 is 0. The number of aromatic nitrogens is 1. The third-order valence-electron chi connectivity index (χ3n) is 6.65. The second-order valence-electron chi connectivity index (χ2n) is 8.63. The van der Waals surface area contributed by atoms with Gasteiger partial charge in [-0.3, -0.25) is 0 Å². The first kappa shape index (κ1) is 21.1. The van der Waals surface area contributed by atoms with Crippen LogP contribution in [-0.2, 0) is 16.0 Å². The van der Waals surface area contributed by atoms with Crippen molar-refractivity contribution in [3.8, 4) is 0 Å². The Morgan fingerprint density at radius 1 is 1.18 bits per heavy atom. The Hall–Kier alpha value is -3.80. The normalized spacial score (nSPS) is 17.5. The molecule has 1 aromatic heterocycles. The number of carboxylic acid groups (broad SMARTS) is 1. The van der Waals surface area contributed by atoms with Crippen molar-refractivity contribution in [3.63, 3.8) is 0 Å². The lowest BCUT2D eigenvalue weighted by Gasteiger charge is -2.19. The van der Waals surface area contributed by atoms with Crippen LogP contribution >= 0.6 is 0 Å². The first-order chi connectivity index (χ1) is 16.0. The highest BCUT2D eigenvalue weighted by Crippen LogP contribution is 2.46. The molecule has 0 bridgehead atoms. The zero-order chi connectivity index (χ0) is 22.9. The fourth-order valence-electron chi connectivity index (χ4n) is 5.07. The molecule has 0 aliphatic heterocycles. The van der Waals surface area contributed by atoms with Crippen LogP contribution in [0.15, 0.2) is 66.3 Å². The summed E-state index contributed by atoms with van der Waals surface area (Å²) in [4.78, 5) is 27.8. The van der Waals surface area contributed by atoms with Gasteiger partial charge in [0.1, 0.15) is 12.6 Å². The van der Waals surface area contributed by atoms with Gasteiger partial charge in [-0.15, -0.1) is 0 Å². The standard InChI is InChI=1S/C27H26N2O4/c1-16-22(21-12-6-7-13-24(21)28-16)14-25(26(30)31)29-27(32)33-15-23-19-10-4-2-8-17(19)18-9-3-5-11-20(18)23/h2,4-8,10-13,23,25,28H,3,9,14-15H2,1H3,(H,29,32)(H,30,31)/t23?,25-/m0/s1. The number of aliphatic carboxylic acids is 1. The molecule has 1 amide bonds. The summed E-state index contributed by atoms with van der Waals surface area (Å²) in [6.45, 7) is 2.08. The van der Waals surface area contributed by atoms with E-state index in [-0.39, 0.29) is 18.9 Å². The first-order valence-electron chi connectivity index (χ1n) is 11.2. The zero-order valence-electron chi connectivity index (χ0n) is 18.4. The number of aryl methyl sites for hydroxylation is 1. The summed E-state index contributed by atoms with van der Waals surface area (Å²) in [7, 11) is 0. The summed E-state index contributed by atoms with van der Waals surface area (Å²) < 4.78 is 5.56. The number of fused-ring (bicyclic) bond motifs is 3. The Morgan fingerprint density at radius 2 is 1.97 bits per heavy atom. The molecule has 3 N–H and O–H groups in total. The van der Waals surface area contributed by atoms with Crippen LogP contribution in [0.1, 0.15) is 41.1 Å². The number of hydrogen-bond donors (Lipinski definition) is 3. The van der Waals surface area contributed by atoms with Gasteiger partial charge in [0, 0.05) is 28.9 Å². The molecular weight excluding hydrogens is 416 g/mol. The van der Waals surface area contributed by atoms with Crippen molar-refractivity contribution >= 4 is 28.5 Å². The van der Waals surface area contributed by atoms with Crippen molar-refractivity contribution in [3.05, 3.63) is 88.6 Å². The number of para-hydroxylation sites is 1. The molecule has 2 aliphatic rings. The van der Waals surface area contributed by atoms with E-state index in [2.05, 4.69) is 34.6 Å². The number of carbonyl (C=O) groups is 2. The minimum Gasteiger partial charge on any atom is -0.480 e. The molecule has 0 saturated heterocycles. The maximum absolute atomic E-state index is 12.6. The number of H-pyrrole nitrogens is 1. The van der Waals surface area contributed by atoms with Crippen LogP contribution in [0, 0.1) is 6.92 Å². The average Bonchev–Trinajstić information content (AvgIpc) is 3.31. The lowest BCUT2D eigenvalue weighted by Crippen LogP contribution is -2.43. The molecule has 3 aromatic rings. The maximum atomic E-state index is 12.6. The Balaban J connectivity index is 1.29. The van der Waals surface area contributed by atoms with Crippen molar-refractivity contribution < 1.29 is 19.4 Å². The van der Waals surface area contributed by atoms with E-state index in [4.69, 9.17) is 4.74 Å². The monoisotopic (exact) mass is 442 g/mol. The van der Waals surface area contributed by atoms with Crippen molar-refractivity contribution in [2.45, 2.75) is 38.1 Å². The highest BCUT2D eigenvalue weighted by molar-refractivity contribution is 5.87. The summed E-state index contributed by atoms with van der Waals surface area (Å²) in [6.07, 6.45) is 5.73. The number of carbonyl (C=O) groups excluding carboxylic acids is 1. The summed E-state index contributed by atoms with van der Waals surface area (Å²) in [5.41, 5.74) is 7.62. The number of allylic oxidation sites excluding steroid dienone is 3. The molecule has 0 spiro atoms. The van der Waals surface area contributed by atoms with Gasteiger partial charge in [0.05, 0.1) is 0 Å². The summed E-state index contributed by atoms with van der Waals surface area (Å²) in [6, 6.07) is 14.9. The number of aromatic amines is 1. The van der Waals surface area contributed by atoms with E-state index < -0.39 is 18.1 Å². The molecule has 1 heterocycles. The van der Waals surface area contributed by atoms with Crippen LogP contribution in [0.3, 0.4) is 0 Å². The van der Waals surface area contributed by atoms with Gasteiger partial charge >= 0.3 is 12.1 Å². The SMILES string of the molecule is Cc1[nH]c2ccccc2c1C[C@H](NC(=O)OCC1C2=C(CCC=C2)c2ccccc21)C(=O)O. The summed E-state index contributed by atoms with van der Waals surface area (Å²) in [5.74, 6) is -1.12. The number of alkyl carbamates (subject to hydrolysis) is 1. The van der Waals surface area contributed by atoms with E-state index in [1.165, 1.54) is 16.7 Å². The van der Waals surface area contributed by atoms with Crippen molar-refractivity contribution in [2.75, 3.05) is 6.61 Å². The molecule has 6 heteroatoms. The van der Waals surface area contributed by atoms with E-state index in [1.807, 2.05) is 43.3 Å². The van der Waals surface area contributed by atoms with Crippen molar-refractivity contribution in [2.24, 2.45) is 0 Å². The topological polar surface area (TPSA) is 91.4 Å². The summed E-state index contributed by atoms with van der Waals surface area (Å²) in [5, 5.41) is 13.3. The van der Waals surface area contributed by atoms with Gasteiger partial charge in [-0.25, -0.2) is 9.59 Å². The van der Waals surface area contributed by atoms with Crippen LogP contribution in [-0.4, -0.2) is 34.8 Å². The molecule has 0 radical (unpaired) electrons. The Labute approximate surface area is 192 Å². The highest BCUT2D eigenvalue weighted by Gasteiger charge is 2.32. The smallest absolute Gasteiger partial charge is 0.407 e. The van der Waals surface area contributed by atoms with E-state index in [0.717, 1.165) is 40.6 Å². The Morgan fingerprint density at radius 3 is 2.82 bits per heavy atom. The number of hydrogen-bond acceptors (Lipinski definition) is 3. The van der Waals surface area contributed by atoms with Crippen LogP contribution in [0.4, 0.5) is 4.79 Å². The lowest BCUT2D eigenvalue weighted by molar-refractivity contribution is -0.139. The van der Waals surface area contributed by atoms with Crippen molar-refractivity contribution in [1.82, 2.24) is 10.3 Å². The van der Waals surface area contributed by atoms with E-state index in [0.29, 0.717) is 0 Å². The van der Waals surface area contributed by atoms with Gasteiger partial charge in [-0.2, -0.15) is 0 Å². The molecule has 0 saturated carbocycles. The third-order valence-corrected chi connectivity index (χ3v) is 6.65. The van der Waals surface area contributed by atoms with Crippen LogP contribution in [0.5, 0.6) is 0 Å². The molecule has 0 fully saturated rings. The van der Waals surface area contributed by atoms with Crippen LogP contribution in [0.2, 0.25) is 0 Å². The lowest BCUT2D eigenvalue weighted by atomic mass is 9.93. The number of nitrogens with one attached hydrogen (secondary N) is 2. The first-order valence-corrected chi connectivity index (χ1v) is 11.2. The van der Waals surface area contributed by atoms with Gasteiger partial charge in [0.15, 0.2) is 0 Å². The van der Waals surface area contributed by atoms with E-state index >= 15 is 0 Å². The highest BCUT2D eigenvalue weighted by atomic mass is 16.5. The Kier molecular flexibility index (Phi) is 5.50. The number of amides is 1. The number of ether oxygens (including phenoxy) is 1. The molecule has 33 heavy (non-hydrogen) atoms. The molecule has 168 valence electrons. The second-order valence-corrected chi connectivity index (χ2v) is 8.63. The Bertz CT molecular complexity index is 1300. The van der Waals surface area contributed by atoms with Gasteiger partial charge < -0.3 is 20.1 Å². The van der Waals surface area contributed by atoms with E-state index in [9.17, 15) is 14.7 Å². The maximum Gasteiger partial charge on any atom is 0.407 e. The van der Waals surface area contributed by atoms with Crippen LogP contribution in [0.25, 0.3) is 16.5 Å². The van der Waals surface area contributed by atoms with Gasteiger partial charge in [0.2, 0.25) is 0 Å². The zero-order valence-corrected chi connectivity index (χ0v) is 18.4. The third kappa shape index (κ3) is 3.93. The molecule has 2 aliphatic carbocycles. The van der Waals surface area contributed by atoms with Gasteiger partial charge in [-0.05, 0) is 53.7 Å². The fourth-order valence-corrected chi connectivity index (χ4v) is 5.07. The van der Waals surface area contributed by atoms with Crippen LogP contribution < -0.4 is 5.32 Å². The minimum absolute atomic E-state index is 0.0300.